The van der Waals surface area contributed by atoms with Crippen LogP contribution in [0.3, 0.4) is 0 Å². The van der Waals surface area contributed by atoms with Gasteiger partial charge in [-0.25, -0.2) is 0 Å². The van der Waals surface area contributed by atoms with Crippen molar-refractivity contribution in [2.45, 2.75) is 51.1 Å². The molecule has 1 saturated heterocycles. The number of likely N-dealkylation sites (tertiary alicyclic amines) is 1. The summed E-state index contributed by atoms with van der Waals surface area (Å²) >= 11 is 0. The van der Waals surface area contributed by atoms with Crippen LogP contribution < -0.4 is 5.32 Å². The van der Waals surface area contributed by atoms with Crippen LogP contribution in [0.2, 0.25) is 0 Å². The standard InChI is InChI=1S/C19H26N2O/c22-19(20-18-12-15-5-8-17(18)11-15)16-6-3-14(4-7-16)13-21-9-1-2-10-21/h3-4,6-7,15,17-18H,1-2,5,8-13H2,(H,20,22)/t15-,17+,18-/m0/s1. The summed E-state index contributed by atoms with van der Waals surface area (Å²) in [4.78, 5) is 14.9. The monoisotopic (exact) mass is 298 g/mol. The highest BCUT2D eigenvalue weighted by molar-refractivity contribution is 5.94. The van der Waals surface area contributed by atoms with E-state index in [4.69, 9.17) is 0 Å². The average molecular weight is 298 g/mol. The maximum Gasteiger partial charge on any atom is 0.251 e. The first-order valence-corrected chi connectivity index (χ1v) is 8.90. The van der Waals surface area contributed by atoms with E-state index in [0.29, 0.717) is 6.04 Å². The molecule has 3 nitrogen and oxygen atoms in total. The molecule has 2 aliphatic carbocycles. The fourth-order valence-corrected chi connectivity index (χ4v) is 4.63. The summed E-state index contributed by atoms with van der Waals surface area (Å²) in [5.74, 6) is 1.73. The Morgan fingerprint density at radius 3 is 2.50 bits per heavy atom. The number of benzene rings is 1. The minimum Gasteiger partial charge on any atom is -0.349 e. The molecule has 0 unspecified atom stereocenters. The Labute approximate surface area is 133 Å². The van der Waals surface area contributed by atoms with Crippen LogP contribution in [0.1, 0.15) is 54.4 Å². The molecule has 3 heteroatoms. The van der Waals surface area contributed by atoms with Crippen molar-refractivity contribution in [2.75, 3.05) is 13.1 Å². The fraction of sp³-hybridized carbons (Fsp3) is 0.632. The number of fused-ring (bicyclic) bond motifs is 2. The molecule has 0 aromatic heterocycles. The normalized spacial score (nSPS) is 30.8. The van der Waals surface area contributed by atoms with Crippen LogP contribution in [0, 0.1) is 11.8 Å². The molecule has 0 spiro atoms. The lowest BCUT2D eigenvalue weighted by molar-refractivity contribution is 0.0923. The van der Waals surface area contributed by atoms with E-state index in [-0.39, 0.29) is 5.91 Å². The molecular formula is C19H26N2O. The number of amides is 1. The van der Waals surface area contributed by atoms with E-state index in [0.717, 1.165) is 23.9 Å². The second kappa shape index (κ2) is 6.04. The Morgan fingerprint density at radius 2 is 1.86 bits per heavy atom. The van der Waals surface area contributed by atoms with E-state index in [2.05, 4.69) is 22.3 Å². The zero-order valence-electron chi connectivity index (χ0n) is 13.3. The lowest BCUT2D eigenvalue weighted by atomic mass is 9.95. The number of carbonyl (C=O) groups is 1. The molecule has 3 aliphatic rings. The van der Waals surface area contributed by atoms with Gasteiger partial charge in [-0.05, 0) is 74.7 Å². The minimum atomic E-state index is 0.116. The molecule has 1 aromatic rings. The van der Waals surface area contributed by atoms with Crippen molar-refractivity contribution in [3.63, 3.8) is 0 Å². The third-order valence-corrected chi connectivity index (χ3v) is 5.88. The molecule has 22 heavy (non-hydrogen) atoms. The van der Waals surface area contributed by atoms with Gasteiger partial charge in [-0.2, -0.15) is 0 Å². The second-order valence-corrected chi connectivity index (χ2v) is 7.43. The van der Waals surface area contributed by atoms with Crippen molar-refractivity contribution in [1.82, 2.24) is 10.2 Å². The first-order valence-electron chi connectivity index (χ1n) is 8.90. The minimum absolute atomic E-state index is 0.116. The predicted molar refractivity (Wildman–Crippen MR) is 87.7 cm³/mol. The molecule has 1 aromatic carbocycles. The predicted octanol–water partition coefficient (Wildman–Crippen LogP) is 3.20. The Bertz CT molecular complexity index is 533. The van der Waals surface area contributed by atoms with Gasteiger partial charge in [0.05, 0.1) is 0 Å². The van der Waals surface area contributed by atoms with E-state index in [1.54, 1.807) is 0 Å². The Balaban J connectivity index is 1.34. The van der Waals surface area contributed by atoms with Gasteiger partial charge in [-0.3, -0.25) is 9.69 Å². The molecule has 1 N–H and O–H groups in total. The van der Waals surface area contributed by atoms with Gasteiger partial charge in [0, 0.05) is 18.2 Å². The number of nitrogens with one attached hydrogen (secondary N) is 1. The van der Waals surface area contributed by atoms with Gasteiger partial charge in [0.2, 0.25) is 0 Å². The van der Waals surface area contributed by atoms with Crippen LogP contribution in [0.25, 0.3) is 0 Å². The zero-order valence-corrected chi connectivity index (χ0v) is 13.3. The van der Waals surface area contributed by atoms with Crippen LogP contribution in [-0.2, 0) is 6.54 Å². The lowest BCUT2D eigenvalue weighted by Gasteiger charge is -2.23. The summed E-state index contributed by atoms with van der Waals surface area (Å²) in [6.45, 7) is 3.45. The molecule has 0 radical (unpaired) electrons. The van der Waals surface area contributed by atoms with Crippen molar-refractivity contribution in [2.24, 2.45) is 11.8 Å². The quantitative estimate of drug-likeness (QED) is 0.926. The summed E-state index contributed by atoms with van der Waals surface area (Å²) in [5, 5.41) is 3.27. The fourth-order valence-electron chi connectivity index (χ4n) is 4.63. The molecule has 1 aliphatic heterocycles. The maximum atomic E-state index is 12.4. The number of carbonyl (C=O) groups excluding carboxylic acids is 1. The molecule has 118 valence electrons. The SMILES string of the molecule is O=C(N[C@H]1C[C@H]2CC[C@@H]1C2)c1ccc(CN2CCCC2)cc1. The number of hydrogen-bond donors (Lipinski definition) is 1. The van der Waals surface area contributed by atoms with E-state index in [1.165, 1.54) is 57.2 Å². The van der Waals surface area contributed by atoms with Gasteiger partial charge in [0.1, 0.15) is 0 Å². The van der Waals surface area contributed by atoms with Crippen molar-refractivity contribution < 1.29 is 4.79 Å². The molecule has 2 bridgehead atoms. The van der Waals surface area contributed by atoms with Gasteiger partial charge < -0.3 is 5.32 Å². The molecule has 4 rings (SSSR count). The van der Waals surface area contributed by atoms with E-state index >= 15 is 0 Å². The van der Waals surface area contributed by atoms with Crippen molar-refractivity contribution in [1.29, 1.82) is 0 Å². The van der Waals surface area contributed by atoms with Crippen molar-refractivity contribution >= 4 is 5.91 Å². The number of rotatable bonds is 4. The molecule has 1 amide bonds. The van der Waals surface area contributed by atoms with Crippen LogP contribution >= 0.6 is 0 Å². The summed E-state index contributed by atoms with van der Waals surface area (Å²) in [5.41, 5.74) is 2.13. The van der Waals surface area contributed by atoms with Crippen LogP contribution in [-0.4, -0.2) is 29.9 Å². The summed E-state index contributed by atoms with van der Waals surface area (Å²) < 4.78 is 0. The van der Waals surface area contributed by atoms with Gasteiger partial charge >= 0.3 is 0 Å². The molecule has 3 atom stereocenters. The molecule has 3 fully saturated rings. The first kappa shape index (κ1) is 14.3. The van der Waals surface area contributed by atoms with Gasteiger partial charge in [0.15, 0.2) is 0 Å². The first-order chi connectivity index (χ1) is 10.8. The van der Waals surface area contributed by atoms with Gasteiger partial charge in [-0.1, -0.05) is 18.6 Å². The smallest absolute Gasteiger partial charge is 0.251 e. The van der Waals surface area contributed by atoms with Crippen molar-refractivity contribution in [3.8, 4) is 0 Å². The highest BCUT2D eigenvalue weighted by Crippen LogP contribution is 2.44. The highest BCUT2D eigenvalue weighted by Gasteiger charge is 2.40. The Hall–Kier alpha value is -1.35. The zero-order chi connectivity index (χ0) is 14.9. The number of nitrogens with zero attached hydrogens (tertiary/aromatic N) is 1. The lowest BCUT2D eigenvalue weighted by Crippen LogP contribution is -2.38. The molecule has 2 saturated carbocycles. The van der Waals surface area contributed by atoms with Crippen LogP contribution in [0.4, 0.5) is 0 Å². The molecular weight excluding hydrogens is 272 g/mol. The Morgan fingerprint density at radius 1 is 1.09 bits per heavy atom. The summed E-state index contributed by atoms with van der Waals surface area (Å²) in [6.07, 6.45) is 7.86. The summed E-state index contributed by atoms with van der Waals surface area (Å²) in [6, 6.07) is 8.65. The highest BCUT2D eigenvalue weighted by atomic mass is 16.1. The molecule has 1 heterocycles. The Kier molecular flexibility index (Phi) is 3.91. The largest absolute Gasteiger partial charge is 0.349 e. The van der Waals surface area contributed by atoms with Crippen LogP contribution in [0.15, 0.2) is 24.3 Å². The van der Waals surface area contributed by atoms with E-state index in [9.17, 15) is 4.79 Å². The third-order valence-electron chi connectivity index (χ3n) is 5.88. The summed E-state index contributed by atoms with van der Waals surface area (Å²) in [7, 11) is 0. The second-order valence-electron chi connectivity index (χ2n) is 7.43. The van der Waals surface area contributed by atoms with Gasteiger partial charge in [-0.15, -0.1) is 0 Å². The van der Waals surface area contributed by atoms with Crippen LogP contribution in [0.5, 0.6) is 0 Å². The topological polar surface area (TPSA) is 32.3 Å². The average Bonchev–Trinajstić information content (AvgIpc) is 3.25. The van der Waals surface area contributed by atoms with Gasteiger partial charge in [0.25, 0.3) is 5.91 Å². The number of hydrogen-bond acceptors (Lipinski definition) is 2. The van der Waals surface area contributed by atoms with E-state index < -0.39 is 0 Å². The van der Waals surface area contributed by atoms with E-state index in [1.807, 2.05) is 12.1 Å². The van der Waals surface area contributed by atoms with Crippen molar-refractivity contribution in [3.05, 3.63) is 35.4 Å². The third kappa shape index (κ3) is 2.91. The maximum absolute atomic E-state index is 12.4.